The van der Waals surface area contributed by atoms with E-state index in [2.05, 4.69) is 43.4 Å². The molecule has 22 heavy (non-hydrogen) atoms. The van der Waals surface area contributed by atoms with Crippen LogP contribution in [0.4, 0.5) is 0 Å². The first-order chi connectivity index (χ1) is 10.4. The van der Waals surface area contributed by atoms with Gasteiger partial charge in [0.05, 0.1) is 5.69 Å². The maximum absolute atomic E-state index is 5.92. The average molecular weight is 301 g/mol. The van der Waals surface area contributed by atoms with E-state index in [0.717, 1.165) is 37.3 Å². The topological polar surface area (TPSA) is 43.0 Å². The van der Waals surface area contributed by atoms with Crippen LogP contribution in [0.15, 0.2) is 16.7 Å². The lowest BCUT2D eigenvalue weighted by molar-refractivity contribution is 0.233. The number of nitrogens with one attached hydrogen (secondary N) is 1. The molecule has 2 heterocycles. The summed E-state index contributed by atoms with van der Waals surface area (Å²) in [6, 6.07) is 2.56. The van der Waals surface area contributed by atoms with Gasteiger partial charge in [-0.05, 0) is 31.2 Å². The van der Waals surface area contributed by atoms with E-state index in [1.165, 1.54) is 16.8 Å². The van der Waals surface area contributed by atoms with Crippen LogP contribution in [-0.2, 0) is 26.4 Å². The average Bonchev–Trinajstić information content (AvgIpc) is 2.96. The van der Waals surface area contributed by atoms with Crippen molar-refractivity contribution in [1.29, 1.82) is 0 Å². The van der Waals surface area contributed by atoms with Crippen LogP contribution in [-0.4, -0.2) is 9.78 Å². The summed E-state index contributed by atoms with van der Waals surface area (Å²) in [6.45, 7) is 9.71. The number of aromatic nitrogens is 2. The Bertz CT molecular complexity index is 666. The fourth-order valence-corrected chi connectivity index (χ4v) is 3.63. The lowest BCUT2D eigenvalue weighted by atomic mass is 9.74. The first kappa shape index (κ1) is 15.3. The van der Waals surface area contributed by atoms with Crippen molar-refractivity contribution < 1.29 is 4.42 Å². The molecule has 0 aliphatic heterocycles. The minimum absolute atomic E-state index is 0.275. The number of nitrogens with zero attached hydrogens (tertiary/aromatic N) is 2. The summed E-state index contributed by atoms with van der Waals surface area (Å²) in [5.41, 5.74) is 4.11. The highest BCUT2D eigenvalue weighted by Gasteiger charge is 2.34. The molecule has 0 fully saturated rings. The van der Waals surface area contributed by atoms with E-state index in [1.54, 1.807) is 0 Å². The molecule has 0 radical (unpaired) electrons. The summed E-state index contributed by atoms with van der Waals surface area (Å²) < 4.78 is 7.83. The van der Waals surface area contributed by atoms with Crippen molar-refractivity contribution in [2.24, 2.45) is 12.5 Å². The van der Waals surface area contributed by atoms with Gasteiger partial charge in [0.15, 0.2) is 0 Å². The Hall–Kier alpha value is -1.55. The van der Waals surface area contributed by atoms with Crippen molar-refractivity contribution in [3.63, 3.8) is 0 Å². The predicted molar refractivity (Wildman–Crippen MR) is 87.7 cm³/mol. The van der Waals surface area contributed by atoms with E-state index in [-0.39, 0.29) is 5.41 Å². The number of fused-ring (bicyclic) bond motifs is 1. The molecule has 1 atom stereocenters. The predicted octanol–water partition coefficient (Wildman–Crippen LogP) is 3.69. The zero-order valence-corrected chi connectivity index (χ0v) is 14.4. The Balaban J connectivity index is 1.79. The molecule has 0 aromatic carbocycles. The molecule has 1 aliphatic rings. The van der Waals surface area contributed by atoms with Gasteiger partial charge >= 0.3 is 0 Å². The quantitative estimate of drug-likeness (QED) is 0.936. The maximum Gasteiger partial charge on any atom is 0.109 e. The van der Waals surface area contributed by atoms with Crippen molar-refractivity contribution in [3.05, 3.63) is 40.6 Å². The molecular formula is C18H27N3O. The van der Waals surface area contributed by atoms with E-state index in [9.17, 15) is 0 Å². The van der Waals surface area contributed by atoms with Gasteiger partial charge in [-0.1, -0.05) is 20.8 Å². The smallest absolute Gasteiger partial charge is 0.109 e. The summed E-state index contributed by atoms with van der Waals surface area (Å²) in [6.07, 6.45) is 5.27. The van der Waals surface area contributed by atoms with Crippen LogP contribution in [0.3, 0.4) is 0 Å². The minimum Gasteiger partial charge on any atom is -0.466 e. The largest absolute Gasteiger partial charge is 0.466 e. The van der Waals surface area contributed by atoms with Crippen molar-refractivity contribution in [2.45, 2.75) is 59.5 Å². The fraction of sp³-hybridized carbons (Fsp3) is 0.611. The van der Waals surface area contributed by atoms with Gasteiger partial charge in [0.2, 0.25) is 0 Å². The lowest BCUT2D eigenvalue weighted by Gasteiger charge is -2.34. The number of hydrogen-bond acceptors (Lipinski definition) is 3. The van der Waals surface area contributed by atoms with Crippen LogP contribution in [0.25, 0.3) is 0 Å². The number of furan rings is 1. The van der Waals surface area contributed by atoms with Crippen LogP contribution in [0.5, 0.6) is 0 Å². The fourth-order valence-electron chi connectivity index (χ4n) is 3.63. The highest BCUT2D eigenvalue weighted by Crippen LogP contribution is 2.42. The molecule has 1 N–H and O–H groups in total. The van der Waals surface area contributed by atoms with E-state index < -0.39 is 0 Å². The maximum atomic E-state index is 5.92. The van der Waals surface area contributed by atoms with E-state index in [4.69, 9.17) is 4.42 Å². The highest BCUT2D eigenvalue weighted by atomic mass is 16.3. The summed E-state index contributed by atoms with van der Waals surface area (Å²) in [7, 11) is 1.99. The highest BCUT2D eigenvalue weighted by molar-refractivity contribution is 5.29. The Morgan fingerprint density at radius 1 is 1.45 bits per heavy atom. The Morgan fingerprint density at radius 3 is 2.95 bits per heavy atom. The zero-order chi connectivity index (χ0) is 15.9. The van der Waals surface area contributed by atoms with Gasteiger partial charge in [-0.25, -0.2) is 0 Å². The van der Waals surface area contributed by atoms with Gasteiger partial charge in [0, 0.05) is 43.4 Å². The Morgan fingerprint density at radius 2 is 2.23 bits per heavy atom. The Labute approximate surface area is 132 Å². The second kappa shape index (κ2) is 5.58. The van der Waals surface area contributed by atoms with E-state index in [1.807, 2.05) is 18.7 Å². The van der Waals surface area contributed by atoms with E-state index in [0.29, 0.717) is 6.04 Å². The second-order valence-electron chi connectivity index (χ2n) is 7.34. The standard InChI is InChI=1S/C18H27N3O/c1-6-15-13(11-21(5)20-15)10-19-16-8-18(3,4)9-17-14(16)7-12(2)22-17/h7,11,16,19H,6,8-10H2,1-5H3/t16-/m1/s1. The van der Waals surface area contributed by atoms with Gasteiger partial charge in [-0.15, -0.1) is 0 Å². The lowest BCUT2D eigenvalue weighted by Crippen LogP contribution is -2.32. The molecule has 0 amide bonds. The van der Waals surface area contributed by atoms with Gasteiger partial charge in [-0.2, -0.15) is 5.10 Å². The third kappa shape index (κ3) is 2.98. The molecule has 0 bridgehead atoms. The Kier molecular flexibility index (Phi) is 3.89. The normalized spacial score (nSPS) is 20.1. The van der Waals surface area contributed by atoms with Gasteiger partial charge in [-0.3, -0.25) is 4.68 Å². The summed E-state index contributed by atoms with van der Waals surface area (Å²) in [5, 5.41) is 8.27. The number of rotatable bonds is 4. The van der Waals surface area contributed by atoms with Gasteiger partial charge in [0.1, 0.15) is 11.5 Å². The molecule has 4 heteroatoms. The first-order valence-electron chi connectivity index (χ1n) is 8.22. The van der Waals surface area contributed by atoms with Crippen molar-refractivity contribution >= 4 is 0 Å². The van der Waals surface area contributed by atoms with Crippen molar-refractivity contribution in [2.75, 3.05) is 0 Å². The second-order valence-corrected chi connectivity index (χ2v) is 7.34. The SMILES string of the molecule is CCc1nn(C)cc1CN[C@@H]1CC(C)(C)Cc2oc(C)cc21. The summed E-state index contributed by atoms with van der Waals surface area (Å²) in [5.74, 6) is 2.18. The summed E-state index contributed by atoms with van der Waals surface area (Å²) in [4.78, 5) is 0. The van der Waals surface area contributed by atoms with Crippen LogP contribution < -0.4 is 5.32 Å². The molecule has 2 aromatic heterocycles. The zero-order valence-electron chi connectivity index (χ0n) is 14.4. The first-order valence-corrected chi connectivity index (χ1v) is 8.22. The molecule has 0 unspecified atom stereocenters. The third-order valence-electron chi connectivity index (χ3n) is 4.60. The number of hydrogen-bond donors (Lipinski definition) is 1. The molecule has 4 nitrogen and oxygen atoms in total. The van der Waals surface area contributed by atoms with Crippen LogP contribution in [0, 0.1) is 12.3 Å². The minimum atomic E-state index is 0.275. The molecule has 0 saturated heterocycles. The molecule has 2 aromatic rings. The van der Waals surface area contributed by atoms with E-state index >= 15 is 0 Å². The van der Waals surface area contributed by atoms with Gasteiger partial charge < -0.3 is 9.73 Å². The molecule has 0 saturated carbocycles. The van der Waals surface area contributed by atoms with Crippen LogP contribution in [0.2, 0.25) is 0 Å². The molecule has 120 valence electrons. The monoisotopic (exact) mass is 301 g/mol. The number of aryl methyl sites for hydroxylation is 3. The molecule has 3 rings (SSSR count). The molecular weight excluding hydrogens is 274 g/mol. The van der Waals surface area contributed by atoms with Crippen LogP contribution in [0.1, 0.15) is 61.6 Å². The molecule has 1 aliphatic carbocycles. The third-order valence-corrected chi connectivity index (χ3v) is 4.60. The van der Waals surface area contributed by atoms with Crippen molar-refractivity contribution in [1.82, 2.24) is 15.1 Å². The van der Waals surface area contributed by atoms with Crippen LogP contribution >= 0.6 is 0 Å². The van der Waals surface area contributed by atoms with Crippen molar-refractivity contribution in [3.8, 4) is 0 Å². The molecule has 0 spiro atoms. The van der Waals surface area contributed by atoms with Gasteiger partial charge in [0.25, 0.3) is 0 Å². The summed E-state index contributed by atoms with van der Waals surface area (Å²) >= 11 is 0.